The number of likely N-dealkylation sites (tertiary alicyclic amines) is 1. The van der Waals surface area contributed by atoms with Crippen LogP contribution >= 0.6 is 15.9 Å². The minimum atomic E-state index is -0.371. The predicted molar refractivity (Wildman–Crippen MR) is 94.3 cm³/mol. The summed E-state index contributed by atoms with van der Waals surface area (Å²) < 4.78 is 0.944. The van der Waals surface area contributed by atoms with Crippen molar-refractivity contribution in [2.45, 2.75) is 18.9 Å². The summed E-state index contributed by atoms with van der Waals surface area (Å²) >= 11 is 3.42. The van der Waals surface area contributed by atoms with E-state index in [0.717, 1.165) is 21.7 Å². The highest BCUT2D eigenvalue weighted by atomic mass is 79.9. The number of benzene rings is 2. The van der Waals surface area contributed by atoms with Gasteiger partial charge in [-0.05, 0) is 41.8 Å². The van der Waals surface area contributed by atoms with Crippen LogP contribution in [0.5, 0.6) is 0 Å². The number of carbonyl (C=O) groups excluding carboxylic acids is 2. The second-order valence-electron chi connectivity index (χ2n) is 5.73. The molecule has 3 rings (SSSR count). The minimum absolute atomic E-state index is 0.0933. The number of fused-ring (bicyclic) bond motifs is 1. The first-order valence-corrected chi connectivity index (χ1v) is 8.55. The monoisotopic (exact) mass is 385 g/mol. The van der Waals surface area contributed by atoms with Crippen molar-refractivity contribution in [2.24, 2.45) is 0 Å². The van der Waals surface area contributed by atoms with E-state index >= 15 is 0 Å². The first-order valence-electron chi connectivity index (χ1n) is 7.75. The molecule has 0 aliphatic carbocycles. The number of nitrogens with one attached hydrogen (secondary N) is 1. The van der Waals surface area contributed by atoms with Crippen molar-refractivity contribution in [2.75, 3.05) is 13.1 Å². The van der Waals surface area contributed by atoms with Crippen LogP contribution in [0, 0.1) is 11.3 Å². The van der Waals surface area contributed by atoms with E-state index in [0.29, 0.717) is 18.5 Å². The van der Waals surface area contributed by atoms with Gasteiger partial charge in [-0.25, -0.2) is 0 Å². The molecule has 1 unspecified atom stereocenters. The maximum Gasteiger partial charge on any atom is 0.252 e. The van der Waals surface area contributed by atoms with Gasteiger partial charge in [-0.1, -0.05) is 34.1 Å². The van der Waals surface area contributed by atoms with Crippen LogP contribution in [0.3, 0.4) is 0 Å². The Balaban J connectivity index is 1.72. The topological polar surface area (TPSA) is 73.2 Å². The van der Waals surface area contributed by atoms with Gasteiger partial charge in [-0.15, -0.1) is 0 Å². The van der Waals surface area contributed by atoms with Crippen LogP contribution in [0.2, 0.25) is 0 Å². The van der Waals surface area contributed by atoms with Gasteiger partial charge < -0.3 is 10.2 Å². The van der Waals surface area contributed by atoms with Crippen LogP contribution in [0.25, 0.3) is 10.8 Å². The molecule has 1 N–H and O–H groups in total. The molecule has 1 aliphatic rings. The molecule has 1 atom stereocenters. The lowest BCUT2D eigenvalue weighted by Crippen LogP contribution is -2.42. The highest BCUT2D eigenvalue weighted by Crippen LogP contribution is 2.23. The summed E-state index contributed by atoms with van der Waals surface area (Å²) in [6.45, 7) is 0.485. The number of hydrogen-bond acceptors (Lipinski definition) is 3. The lowest BCUT2D eigenvalue weighted by atomic mass is 10.0. The number of rotatable bonds is 3. The fourth-order valence-electron chi connectivity index (χ4n) is 3.00. The maximum atomic E-state index is 12.5. The van der Waals surface area contributed by atoms with E-state index in [1.165, 1.54) is 0 Å². The molecule has 1 heterocycles. The predicted octanol–water partition coefficient (Wildman–Crippen LogP) is 2.85. The highest BCUT2D eigenvalue weighted by Gasteiger charge is 2.28. The molecule has 5 nitrogen and oxygen atoms in total. The van der Waals surface area contributed by atoms with E-state index in [-0.39, 0.29) is 24.4 Å². The third-order valence-electron chi connectivity index (χ3n) is 4.21. The number of nitriles is 1. The first kappa shape index (κ1) is 16.5. The largest absolute Gasteiger partial charge is 0.343 e. The van der Waals surface area contributed by atoms with Crippen LogP contribution in [-0.2, 0) is 4.79 Å². The van der Waals surface area contributed by atoms with E-state index < -0.39 is 0 Å². The van der Waals surface area contributed by atoms with E-state index in [9.17, 15) is 9.59 Å². The maximum absolute atomic E-state index is 12.5. The first-order chi connectivity index (χ1) is 11.6. The SMILES string of the molecule is N#CC1CCCN1C(=O)CNC(=O)c1cccc2cc(Br)ccc12. The van der Waals surface area contributed by atoms with Gasteiger partial charge in [0.15, 0.2) is 0 Å². The molecule has 122 valence electrons. The summed E-state index contributed by atoms with van der Waals surface area (Å²) in [5, 5.41) is 13.5. The van der Waals surface area contributed by atoms with Crippen LogP contribution in [0.1, 0.15) is 23.2 Å². The van der Waals surface area contributed by atoms with Gasteiger partial charge in [0.2, 0.25) is 5.91 Å². The average molecular weight is 386 g/mol. The molecule has 2 amide bonds. The van der Waals surface area contributed by atoms with E-state index in [1.807, 2.05) is 30.3 Å². The van der Waals surface area contributed by atoms with Crippen molar-refractivity contribution in [3.63, 3.8) is 0 Å². The summed E-state index contributed by atoms with van der Waals surface area (Å²) in [7, 11) is 0. The van der Waals surface area contributed by atoms with Crippen LogP contribution in [0.15, 0.2) is 40.9 Å². The normalized spacial score (nSPS) is 16.8. The van der Waals surface area contributed by atoms with E-state index in [1.54, 1.807) is 11.0 Å². The molecule has 1 aliphatic heterocycles. The Morgan fingerprint density at radius 3 is 2.96 bits per heavy atom. The van der Waals surface area contributed by atoms with Gasteiger partial charge in [0.25, 0.3) is 5.91 Å². The molecule has 0 saturated carbocycles. The zero-order valence-corrected chi connectivity index (χ0v) is 14.5. The van der Waals surface area contributed by atoms with Gasteiger partial charge >= 0.3 is 0 Å². The third kappa shape index (κ3) is 3.26. The van der Waals surface area contributed by atoms with Gasteiger partial charge in [0.1, 0.15) is 6.04 Å². The number of amides is 2. The molecule has 24 heavy (non-hydrogen) atoms. The summed E-state index contributed by atoms with van der Waals surface area (Å²) in [5.74, 6) is -0.501. The van der Waals surface area contributed by atoms with Gasteiger partial charge in [0.05, 0.1) is 12.6 Å². The standard InChI is InChI=1S/C18H16BrN3O2/c19-13-6-7-15-12(9-13)3-1-5-16(15)18(24)21-11-17(23)22-8-2-4-14(22)10-20/h1,3,5-7,9,14H,2,4,8,11H2,(H,21,24). The molecular weight excluding hydrogens is 370 g/mol. The van der Waals surface area contributed by atoms with Crippen LogP contribution in [0.4, 0.5) is 0 Å². The summed E-state index contributed by atoms with van der Waals surface area (Å²) in [5.41, 5.74) is 0.533. The Bertz CT molecular complexity index is 844. The lowest BCUT2D eigenvalue weighted by molar-refractivity contribution is -0.130. The minimum Gasteiger partial charge on any atom is -0.343 e. The van der Waals surface area contributed by atoms with Gasteiger partial charge in [-0.2, -0.15) is 5.26 Å². The Labute approximate surface area is 148 Å². The smallest absolute Gasteiger partial charge is 0.252 e. The molecule has 2 aromatic rings. The Hall–Kier alpha value is -2.39. The van der Waals surface area contributed by atoms with Crippen molar-refractivity contribution in [1.82, 2.24) is 10.2 Å². The second kappa shape index (κ2) is 7.02. The van der Waals surface area contributed by atoms with Crippen molar-refractivity contribution in [3.05, 3.63) is 46.4 Å². The number of hydrogen-bond donors (Lipinski definition) is 1. The zero-order chi connectivity index (χ0) is 17.1. The molecule has 1 saturated heterocycles. The molecule has 1 fully saturated rings. The highest BCUT2D eigenvalue weighted by molar-refractivity contribution is 9.10. The molecule has 0 radical (unpaired) electrons. The Morgan fingerprint density at radius 1 is 1.33 bits per heavy atom. The number of halogens is 1. The van der Waals surface area contributed by atoms with Gasteiger partial charge in [-0.3, -0.25) is 9.59 Å². The third-order valence-corrected chi connectivity index (χ3v) is 4.70. The Kier molecular flexibility index (Phi) is 4.81. The summed E-state index contributed by atoms with van der Waals surface area (Å²) in [6, 6.07) is 13.0. The number of carbonyl (C=O) groups is 2. The van der Waals surface area contributed by atoms with Gasteiger partial charge in [0, 0.05) is 16.6 Å². The molecule has 0 aromatic heterocycles. The molecule has 6 heteroatoms. The molecule has 0 bridgehead atoms. The molecule has 2 aromatic carbocycles. The van der Waals surface area contributed by atoms with E-state index in [2.05, 4.69) is 27.3 Å². The lowest BCUT2D eigenvalue weighted by Gasteiger charge is -2.19. The Morgan fingerprint density at radius 2 is 2.17 bits per heavy atom. The fourth-order valence-corrected chi connectivity index (χ4v) is 3.38. The van der Waals surface area contributed by atoms with Crippen molar-refractivity contribution >= 4 is 38.5 Å². The molecular formula is C18H16BrN3O2. The van der Waals surface area contributed by atoms with Crippen molar-refractivity contribution in [1.29, 1.82) is 5.26 Å². The second-order valence-corrected chi connectivity index (χ2v) is 6.64. The zero-order valence-electron chi connectivity index (χ0n) is 13.0. The van der Waals surface area contributed by atoms with Crippen molar-refractivity contribution < 1.29 is 9.59 Å². The quantitative estimate of drug-likeness (QED) is 0.882. The summed E-state index contributed by atoms with van der Waals surface area (Å²) in [4.78, 5) is 26.2. The van der Waals surface area contributed by atoms with Crippen LogP contribution < -0.4 is 5.32 Å². The molecule has 0 spiro atoms. The number of nitrogens with zero attached hydrogens (tertiary/aromatic N) is 2. The fraction of sp³-hybridized carbons (Fsp3) is 0.278. The average Bonchev–Trinajstić information content (AvgIpc) is 3.07. The summed E-state index contributed by atoms with van der Waals surface area (Å²) in [6.07, 6.45) is 1.53. The van der Waals surface area contributed by atoms with Crippen molar-refractivity contribution in [3.8, 4) is 6.07 Å². The van der Waals surface area contributed by atoms with Crippen LogP contribution in [-0.4, -0.2) is 35.8 Å². The van der Waals surface area contributed by atoms with E-state index in [4.69, 9.17) is 5.26 Å².